The van der Waals surface area contributed by atoms with Crippen LogP contribution in [-0.2, 0) is 0 Å². The summed E-state index contributed by atoms with van der Waals surface area (Å²) in [6, 6.07) is 0.540. The Balaban J connectivity index is 2.64. The number of nitrogens with one attached hydrogen (secondary N) is 2. The normalized spacial score (nSPS) is 20.1. The molecule has 1 aliphatic carbocycles. The largest absolute Gasteiger partial charge is 0.397 e. The van der Waals surface area contributed by atoms with Crippen LogP contribution in [0.3, 0.4) is 0 Å². The molecule has 2 atom stereocenters. The Labute approximate surface area is 124 Å². The molecule has 0 fully saturated rings. The predicted molar refractivity (Wildman–Crippen MR) is 88.0 cm³/mol. The number of unbranched alkanes of at least 4 members (excludes halogenated alkanes) is 1. The predicted octanol–water partition coefficient (Wildman–Crippen LogP) is 3.41. The van der Waals surface area contributed by atoms with Gasteiger partial charge in [-0.1, -0.05) is 39.3 Å². The summed E-state index contributed by atoms with van der Waals surface area (Å²) in [6.07, 6.45) is 10.2. The van der Waals surface area contributed by atoms with Crippen molar-refractivity contribution in [2.45, 2.75) is 58.9 Å². The molecule has 20 heavy (non-hydrogen) atoms. The Kier molecular flexibility index (Phi) is 7.45. The van der Waals surface area contributed by atoms with Crippen LogP contribution in [0.1, 0.15) is 52.9 Å². The smallest absolute Gasteiger partial charge is 0.0507 e. The van der Waals surface area contributed by atoms with Crippen LogP contribution in [-0.4, -0.2) is 12.6 Å². The number of hydrogen-bond donors (Lipinski definition) is 3. The van der Waals surface area contributed by atoms with Gasteiger partial charge in [-0.05, 0) is 44.7 Å². The molecule has 0 saturated heterocycles. The molecule has 0 saturated carbocycles. The van der Waals surface area contributed by atoms with Crippen molar-refractivity contribution in [2.24, 2.45) is 11.7 Å². The van der Waals surface area contributed by atoms with Gasteiger partial charge in [0.1, 0.15) is 0 Å². The van der Waals surface area contributed by atoms with E-state index in [2.05, 4.69) is 37.1 Å². The van der Waals surface area contributed by atoms with Crippen LogP contribution in [0.5, 0.6) is 0 Å². The fourth-order valence-corrected chi connectivity index (χ4v) is 2.65. The molecule has 0 spiro atoms. The van der Waals surface area contributed by atoms with Crippen molar-refractivity contribution in [3.63, 3.8) is 0 Å². The molecular weight excluding hydrogens is 246 g/mol. The van der Waals surface area contributed by atoms with E-state index in [1.807, 2.05) is 13.0 Å². The van der Waals surface area contributed by atoms with Crippen LogP contribution in [0.25, 0.3) is 0 Å². The third kappa shape index (κ3) is 5.41. The second-order valence-corrected chi connectivity index (χ2v) is 5.77. The maximum absolute atomic E-state index is 6.05. The van der Waals surface area contributed by atoms with E-state index in [1.54, 1.807) is 0 Å². The number of hydrogen-bond acceptors (Lipinski definition) is 3. The SMILES string of the molecule is C=C(C)NC1=C(N)C=CC(C(CCC)NCCCC)C1. The zero-order chi connectivity index (χ0) is 15.0. The molecule has 0 amide bonds. The summed E-state index contributed by atoms with van der Waals surface area (Å²) in [5.74, 6) is 0.515. The van der Waals surface area contributed by atoms with Gasteiger partial charge in [-0.15, -0.1) is 0 Å². The van der Waals surface area contributed by atoms with Crippen molar-refractivity contribution in [1.29, 1.82) is 0 Å². The zero-order valence-corrected chi connectivity index (χ0v) is 13.3. The summed E-state index contributed by atoms with van der Waals surface area (Å²) < 4.78 is 0. The van der Waals surface area contributed by atoms with Gasteiger partial charge in [-0.2, -0.15) is 0 Å². The molecule has 0 aromatic rings. The van der Waals surface area contributed by atoms with Crippen LogP contribution in [0, 0.1) is 5.92 Å². The summed E-state index contributed by atoms with van der Waals surface area (Å²) in [4.78, 5) is 0. The maximum atomic E-state index is 6.05. The van der Waals surface area contributed by atoms with E-state index < -0.39 is 0 Å². The minimum atomic E-state index is 0.515. The number of nitrogens with two attached hydrogens (primary N) is 1. The van der Waals surface area contributed by atoms with Gasteiger partial charge in [0.15, 0.2) is 0 Å². The molecule has 3 nitrogen and oxygen atoms in total. The van der Waals surface area contributed by atoms with Crippen molar-refractivity contribution < 1.29 is 0 Å². The lowest BCUT2D eigenvalue weighted by Gasteiger charge is -2.30. The minimum absolute atomic E-state index is 0.515. The second kappa shape index (κ2) is 8.85. The van der Waals surface area contributed by atoms with E-state index >= 15 is 0 Å². The van der Waals surface area contributed by atoms with Crippen LogP contribution in [0.2, 0.25) is 0 Å². The molecule has 114 valence electrons. The molecule has 0 aromatic carbocycles. The molecule has 0 radical (unpaired) electrons. The summed E-state index contributed by atoms with van der Waals surface area (Å²) in [7, 11) is 0. The second-order valence-electron chi connectivity index (χ2n) is 5.77. The van der Waals surface area contributed by atoms with Gasteiger partial charge < -0.3 is 16.4 Å². The zero-order valence-electron chi connectivity index (χ0n) is 13.3. The van der Waals surface area contributed by atoms with E-state index in [4.69, 9.17) is 5.73 Å². The third-order valence-electron chi connectivity index (χ3n) is 3.73. The van der Waals surface area contributed by atoms with Gasteiger partial charge in [0.05, 0.1) is 5.70 Å². The average molecular weight is 277 g/mol. The highest BCUT2D eigenvalue weighted by molar-refractivity contribution is 5.29. The lowest BCUT2D eigenvalue weighted by Crippen LogP contribution is -2.38. The first-order valence-corrected chi connectivity index (χ1v) is 7.91. The van der Waals surface area contributed by atoms with E-state index in [0.717, 1.165) is 30.1 Å². The van der Waals surface area contributed by atoms with Crippen LogP contribution < -0.4 is 16.4 Å². The highest BCUT2D eigenvalue weighted by Gasteiger charge is 2.22. The quantitative estimate of drug-likeness (QED) is 0.566. The first-order chi connectivity index (χ1) is 9.58. The molecule has 1 aliphatic rings. The van der Waals surface area contributed by atoms with Crippen molar-refractivity contribution in [3.05, 3.63) is 35.8 Å². The number of rotatable bonds is 9. The molecular formula is C17H31N3. The van der Waals surface area contributed by atoms with Crippen molar-refractivity contribution in [2.75, 3.05) is 6.54 Å². The van der Waals surface area contributed by atoms with Crippen LogP contribution >= 0.6 is 0 Å². The average Bonchev–Trinajstić information content (AvgIpc) is 2.40. The molecule has 3 heteroatoms. The first-order valence-electron chi connectivity index (χ1n) is 7.91. The summed E-state index contributed by atoms with van der Waals surface area (Å²) in [5, 5.41) is 7.02. The molecule has 4 N–H and O–H groups in total. The fraction of sp³-hybridized carbons (Fsp3) is 0.647. The molecule has 0 aliphatic heterocycles. The van der Waals surface area contributed by atoms with Crippen LogP contribution in [0.4, 0.5) is 0 Å². The molecule has 1 rings (SSSR count). The van der Waals surface area contributed by atoms with Crippen molar-refractivity contribution in [1.82, 2.24) is 10.6 Å². The Morgan fingerprint density at radius 3 is 2.80 bits per heavy atom. The van der Waals surface area contributed by atoms with Gasteiger partial charge in [0, 0.05) is 17.4 Å². The van der Waals surface area contributed by atoms with Crippen molar-refractivity contribution >= 4 is 0 Å². The molecule has 2 unspecified atom stereocenters. The first kappa shape index (κ1) is 16.8. The Morgan fingerprint density at radius 2 is 2.20 bits per heavy atom. The van der Waals surface area contributed by atoms with E-state index in [-0.39, 0.29) is 0 Å². The maximum Gasteiger partial charge on any atom is 0.0507 e. The topological polar surface area (TPSA) is 50.1 Å². The summed E-state index contributed by atoms with van der Waals surface area (Å²) in [6.45, 7) is 11.5. The van der Waals surface area contributed by atoms with Gasteiger partial charge in [0.2, 0.25) is 0 Å². The third-order valence-corrected chi connectivity index (χ3v) is 3.73. The lowest BCUT2D eigenvalue weighted by atomic mass is 9.87. The number of allylic oxidation sites excluding steroid dienone is 3. The monoisotopic (exact) mass is 277 g/mol. The molecule has 0 heterocycles. The lowest BCUT2D eigenvalue weighted by molar-refractivity contribution is 0.370. The highest BCUT2D eigenvalue weighted by Crippen LogP contribution is 2.25. The van der Waals surface area contributed by atoms with Gasteiger partial charge in [-0.3, -0.25) is 0 Å². The minimum Gasteiger partial charge on any atom is -0.397 e. The Hall–Kier alpha value is -1.22. The van der Waals surface area contributed by atoms with Crippen molar-refractivity contribution in [3.8, 4) is 0 Å². The van der Waals surface area contributed by atoms with Gasteiger partial charge in [0.25, 0.3) is 0 Å². The van der Waals surface area contributed by atoms with E-state index in [1.165, 1.54) is 25.7 Å². The summed E-state index contributed by atoms with van der Waals surface area (Å²) >= 11 is 0. The van der Waals surface area contributed by atoms with Crippen LogP contribution in [0.15, 0.2) is 35.8 Å². The van der Waals surface area contributed by atoms with Gasteiger partial charge in [-0.25, -0.2) is 0 Å². The summed E-state index contributed by atoms with van der Waals surface area (Å²) in [5.41, 5.74) is 8.96. The Morgan fingerprint density at radius 1 is 1.45 bits per heavy atom. The molecule has 0 bridgehead atoms. The van der Waals surface area contributed by atoms with Gasteiger partial charge >= 0.3 is 0 Å². The Bertz CT molecular complexity index is 368. The van der Waals surface area contributed by atoms with E-state index in [9.17, 15) is 0 Å². The fourth-order valence-electron chi connectivity index (χ4n) is 2.65. The standard InChI is InChI=1S/C17H31N3/c1-5-7-11-19-16(8-6-2)14-9-10-15(18)17(12-14)20-13(3)4/h9-10,14,16,19-20H,3,5-8,11-12,18H2,1-2,4H3. The highest BCUT2D eigenvalue weighted by atomic mass is 14.9. The van der Waals surface area contributed by atoms with E-state index in [0.29, 0.717) is 12.0 Å². The molecule has 0 aromatic heterocycles.